The van der Waals surface area contributed by atoms with Gasteiger partial charge in [0.1, 0.15) is 6.54 Å². The molecular weight excluding hydrogens is 396 g/mol. The number of hydrogen-bond donors (Lipinski definition) is 1. The smallest absolute Gasteiger partial charge is 0.285 e. The van der Waals surface area contributed by atoms with Crippen LogP contribution in [-0.4, -0.2) is 37.1 Å². The highest BCUT2D eigenvalue weighted by Crippen LogP contribution is 2.30. The molecule has 2 heterocycles. The van der Waals surface area contributed by atoms with Crippen molar-refractivity contribution in [3.8, 4) is 0 Å². The lowest BCUT2D eigenvalue weighted by Gasteiger charge is -2.34. The second-order valence-electron chi connectivity index (χ2n) is 7.78. The maximum atomic E-state index is 12.6. The van der Waals surface area contributed by atoms with Crippen molar-refractivity contribution in [2.45, 2.75) is 38.5 Å². The molecule has 3 rings (SSSR count). The van der Waals surface area contributed by atoms with Gasteiger partial charge in [0.25, 0.3) is 10.0 Å². The summed E-state index contributed by atoms with van der Waals surface area (Å²) in [5.41, 5.74) is 6.50. The summed E-state index contributed by atoms with van der Waals surface area (Å²) in [6.45, 7) is 6.58. The Labute approximate surface area is 169 Å². The average molecular weight is 420 g/mol. The van der Waals surface area contributed by atoms with Crippen LogP contribution in [0.3, 0.4) is 0 Å². The molecule has 29 heavy (non-hydrogen) atoms. The zero-order valence-corrected chi connectivity index (χ0v) is 17.3. The van der Waals surface area contributed by atoms with E-state index >= 15 is 0 Å². The summed E-state index contributed by atoms with van der Waals surface area (Å²) in [6.07, 6.45) is 2.27. The van der Waals surface area contributed by atoms with Gasteiger partial charge in [-0.25, -0.2) is 4.98 Å². The van der Waals surface area contributed by atoms with Crippen molar-refractivity contribution in [1.82, 2.24) is 9.55 Å². The highest BCUT2D eigenvalue weighted by atomic mass is 32.2. The van der Waals surface area contributed by atoms with Crippen LogP contribution in [-0.2, 0) is 30.8 Å². The molecule has 0 spiro atoms. The number of ether oxygens (including phenoxy) is 2. The van der Waals surface area contributed by atoms with Crippen LogP contribution >= 0.6 is 0 Å². The lowest BCUT2D eigenvalue weighted by atomic mass is 9.95. The molecule has 156 valence electrons. The first-order valence-electron chi connectivity index (χ1n) is 9.01. The van der Waals surface area contributed by atoms with Gasteiger partial charge in [0.15, 0.2) is 6.29 Å². The van der Waals surface area contributed by atoms with Gasteiger partial charge < -0.3 is 19.8 Å². The van der Waals surface area contributed by atoms with Crippen LogP contribution in [0.4, 0.5) is 0 Å². The minimum absolute atomic E-state index is 0.0285. The number of benzene rings is 1. The zero-order chi connectivity index (χ0) is 21.2. The molecule has 0 radical (unpaired) electrons. The van der Waals surface area contributed by atoms with Gasteiger partial charge in [0.05, 0.1) is 18.1 Å². The van der Waals surface area contributed by atoms with Gasteiger partial charge in [-0.1, -0.05) is 31.5 Å². The number of aryl methyl sites for hydroxylation is 1. The van der Waals surface area contributed by atoms with Gasteiger partial charge in [-0.3, -0.25) is 4.79 Å². The molecule has 1 aliphatic rings. The van der Waals surface area contributed by atoms with E-state index in [1.807, 2.05) is 20.8 Å². The summed E-state index contributed by atoms with van der Waals surface area (Å²) in [5.74, 6) is -0.662. The van der Waals surface area contributed by atoms with Gasteiger partial charge in [-0.15, -0.1) is 4.40 Å². The molecule has 1 aromatic heterocycles. The molecule has 2 aromatic rings. The molecule has 0 unspecified atom stereocenters. The highest BCUT2D eigenvalue weighted by molar-refractivity contribution is 7.90. The van der Waals surface area contributed by atoms with E-state index in [4.69, 9.17) is 15.2 Å². The average Bonchev–Trinajstić information content (AvgIpc) is 2.63. The zero-order valence-electron chi connectivity index (χ0n) is 16.5. The molecule has 9 nitrogen and oxygen atoms in total. The van der Waals surface area contributed by atoms with Crippen molar-refractivity contribution in [2.24, 2.45) is 15.5 Å². The molecule has 1 fully saturated rings. The minimum Gasteiger partial charge on any atom is -0.368 e. The van der Waals surface area contributed by atoms with Crippen LogP contribution < -0.4 is 11.4 Å². The van der Waals surface area contributed by atoms with E-state index in [1.165, 1.54) is 29.1 Å². The van der Waals surface area contributed by atoms with E-state index in [-0.39, 0.29) is 22.5 Å². The summed E-state index contributed by atoms with van der Waals surface area (Å²) in [5, 5.41) is 0. The number of aromatic nitrogens is 2. The fourth-order valence-corrected chi connectivity index (χ4v) is 3.67. The number of primary amides is 1. The first-order valence-corrected chi connectivity index (χ1v) is 10.5. The number of carbonyl (C=O) groups excluding carboxylic acids is 1. The van der Waals surface area contributed by atoms with Crippen LogP contribution in [0.15, 0.2) is 46.0 Å². The Balaban J connectivity index is 1.99. The molecule has 0 bridgehead atoms. The largest absolute Gasteiger partial charge is 0.368 e. The van der Waals surface area contributed by atoms with E-state index in [1.54, 1.807) is 12.1 Å². The quantitative estimate of drug-likeness (QED) is 0.770. The standard InChI is InChI=1S/C19H24N4O5S/c1-13-4-6-15(7-5-13)29(25,26)22-18-21-8-14(9-23(18)10-16(20)24)17-27-11-19(2,3)12-28-17/h4-9,17H,10-12H2,1-3H3,(H2,20,24)/b22-18-. The third kappa shape index (κ3) is 5.28. The van der Waals surface area contributed by atoms with Gasteiger partial charge in [0.2, 0.25) is 11.5 Å². The second kappa shape index (κ2) is 8.05. The van der Waals surface area contributed by atoms with Crippen molar-refractivity contribution < 1.29 is 22.7 Å². The lowest BCUT2D eigenvalue weighted by molar-refractivity contribution is -0.226. The number of sulfonamides is 1. The number of nitrogens with two attached hydrogens (primary N) is 1. The Morgan fingerprint density at radius 2 is 1.90 bits per heavy atom. The maximum Gasteiger partial charge on any atom is 0.285 e. The topological polar surface area (TPSA) is 126 Å². The van der Waals surface area contributed by atoms with Crippen molar-refractivity contribution in [3.63, 3.8) is 0 Å². The molecule has 0 atom stereocenters. The molecule has 1 aromatic carbocycles. The third-order valence-electron chi connectivity index (χ3n) is 4.26. The first-order chi connectivity index (χ1) is 13.6. The van der Waals surface area contributed by atoms with Crippen molar-refractivity contribution in [1.29, 1.82) is 0 Å². The summed E-state index contributed by atoms with van der Waals surface area (Å²) in [6, 6.07) is 6.28. The Morgan fingerprint density at radius 3 is 2.48 bits per heavy atom. The highest BCUT2D eigenvalue weighted by Gasteiger charge is 2.29. The van der Waals surface area contributed by atoms with E-state index < -0.39 is 22.2 Å². The van der Waals surface area contributed by atoms with Crippen molar-refractivity contribution >= 4 is 15.9 Å². The Morgan fingerprint density at radius 1 is 1.28 bits per heavy atom. The number of hydrogen-bond acceptors (Lipinski definition) is 6. The number of rotatable bonds is 5. The Kier molecular flexibility index (Phi) is 5.87. The van der Waals surface area contributed by atoms with E-state index in [9.17, 15) is 13.2 Å². The van der Waals surface area contributed by atoms with Crippen LogP contribution in [0.25, 0.3) is 0 Å². The number of carbonyl (C=O) groups is 1. The third-order valence-corrected chi connectivity index (χ3v) is 5.53. The lowest BCUT2D eigenvalue weighted by Crippen LogP contribution is -2.35. The molecule has 1 aliphatic heterocycles. The van der Waals surface area contributed by atoms with Gasteiger partial charge in [-0.2, -0.15) is 8.42 Å². The summed E-state index contributed by atoms with van der Waals surface area (Å²) in [4.78, 5) is 15.6. The maximum absolute atomic E-state index is 12.6. The van der Waals surface area contributed by atoms with Gasteiger partial charge in [-0.05, 0) is 19.1 Å². The molecular formula is C19H24N4O5S. The van der Waals surface area contributed by atoms with Crippen LogP contribution in [0, 0.1) is 12.3 Å². The summed E-state index contributed by atoms with van der Waals surface area (Å²) < 4.78 is 41.7. The Bertz CT molecular complexity index is 1060. The molecule has 1 amide bonds. The molecule has 0 saturated carbocycles. The van der Waals surface area contributed by atoms with Crippen molar-refractivity contribution in [2.75, 3.05) is 13.2 Å². The monoisotopic (exact) mass is 420 g/mol. The predicted octanol–water partition coefficient (Wildman–Crippen LogP) is 1.04. The molecule has 1 saturated heterocycles. The van der Waals surface area contributed by atoms with Crippen LogP contribution in [0.2, 0.25) is 0 Å². The minimum atomic E-state index is -4.01. The predicted molar refractivity (Wildman–Crippen MR) is 104 cm³/mol. The SMILES string of the molecule is Cc1ccc(S(=O)(=O)/N=c2/ncc(C3OCC(C)(C)CO3)cn2CC(N)=O)cc1. The number of amides is 1. The van der Waals surface area contributed by atoms with E-state index in [0.29, 0.717) is 18.8 Å². The second-order valence-corrected chi connectivity index (χ2v) is 9.38. The molecule has 0 aliphatic carbocycles. The summed E-state index contributed by atoms with van der Waals surface area (Å²) in [7, 11) is -4.01. The fraction of sp³-hybridized carbons (Fsp3) is 0.421. The van der Waals surface area contributed by atoms with E-state index in [0.717, 1.165) is 5.56 Å². The van der Waals surface area contributed by atoms with E-state index in [2.05, 4.69) is 9.38 Å². The molecule has 10 heteroatoms. The van der Waals surface area contributed by atoms with Gasteiger partial charge in [0, 0.05) is 23.4 Å². The normalized spacial score (nSPS) is 18.0. The summed E-state index contributed by atoms with van der Waals surface area (Å²) >= 11 is 0. The first kappa shape index (κ1) is 21.2. The molecule has 2 N–H and O–H groups in total. The Hall–Kier alpha value is -2.56. The fourth-order valence-electron chi connectivity index (χ4n) is 2.71. The van der Waals surface area contributed by atoms with Gasteiger partial charge >= 0.3 is 0 Å². The van der Waals surface area contributed by atoms with Crippen LogP contribution in [0.5, 0.6) is 0 Å². The number of nitrogens with zero attached hydrogens (tertiary/aromatic N) is 3. The van der Waals surface area contributed by atoms with Crippen LogP contribution in [0.1, 0.15) is 31.3 Å². The van der Waals surface area contributed by atoms with Crippen molar-refractivity contribution in [3.05, 3.63) is 53.4 Å².